The molecule has 0 saturated heterocycles. The Kier molecular flexibility index (Phi) is 5.44. The molecule has 0 aliphatic carbocycles. The lowest BCUT2D eigenvalue weighted by Crippen LogP contribution is -2.26. The molecule has 1 atom stereocenters. The SMILES string of the molecule is C=CCC(C=O)(/C=C/C(C)C)C(C)C. The number of rotatable bonds is 6. The average Bonchev–Trinajstić information content (AvgIpc) is 2.11. The lowest BCUT2D eigenvalue weighted by atomic mass is 9.75. The summed E-state index contributed by atoms with van der Waals surface area (Å²) in [5, 5.41) is 0. The highest BCUT2D eigenvalue weighted by Gasteiger charge is 2.28. The van der Waals surface area contributed by atoms with E-state index in [9.17, 15) is 4.79 Å². The molecule has 1 nitrogen and oxygen atoms in total. The van der Waals surface area contributed by atoms with Crippen LogP contribution in [-0.4, -0.2) is 6.29 Å². The van der Waals surface area contributed by atoms with Crippen molar-refractivity contribution in [3.8, 4) is 0 Å². The third-order valence-electron chi connectivity index (χ3n) is 2.58. The number of carbonyl (C=O) groups excluding carboxylic acids is 1. The first-order chi connectivity index (χ1) is 6.48. The fourth-order valence-corrected chi connectivity index (χ4v) is 1.34. The van der Waals surface area contributed by atoms with Gasteiger partial charge in [-0.15, -0.1) is 6.58 Å². The monoisotopic (exact) mass is 194 g/mol. The normalized spacial score (nSPS) is 16.1. The van der Waals surface area contributed by atoms with Crippen molar-refractivity contribution in [1.82, 2.24) is 0 Å². The van der Waals surface area contributed by atoms with Crippen molar-refractivity contribution in [2.75, 3.05) is 0 Å². The van der Waals surface area contributed by atoms with E-state index in [2.05, 4.69) is 40.3 Å². The summed E-state index contributed by atoms with van der Waals surface area (Å²) >= 11 is 0. The van der Waals surface area contributed by atoms with E-state index in [1.54, 1.807) is 0 Å². The standard InChI is InChI=1S/C13H22O/c1-6-8-13(10-14,12(4)5)9-7-11(2)3/h6-7,9-12H,1,8H2,2-5H3/b9-7+. The predicted molar refractivity (Wildman–Crippen MR) is 62.1 cm³/mol. The molecule has 0 spiro atoms. The lowest BCUT2D eigenvalue weighted by molar-refractivity contribution is -0.115. The van der Waals surface area contributed by atoms with Crippen LogP contribution in [0.1, 0.15) is 34.1 Å². The Labute approximate surface area is 87.9 Å². The highest BCUT2D eigenvalue weighted by atomic mass is 16.1. The second-order valence-corrected chi connectivity index (χ2v) is 4.48. The van der Waals surface area contributed by atoms with E-state index in [4.69, 9.17) is 0 Å². The van der Waals surface area contributed by atoms with Crippen molar-refractivity contribution in [3.63, 3.8) is 0 Å². The van der Waals surface area contributed by atoms with Gasteiger partial charge < -0.3 is 4.79 Å². The Balaban J connectivity index is 4.83. The summed E-state index contributed by atoms with van der Waals surface area (Å²) in [4.78, 5) is 11.2. The minimum Gasteiger partial charge on any atom is -0.302 e. The van der Waals surface area contributed by atoms with Gasteiger partial charge in [0.2, 0.25) is 0 Å². The van der Waals surface area contributed by atoms with Crippen LogP contribution in [0.25, 0.3) is 0 Å². The number of hydrogen-bond donors (Lipinski definition) is 0. The van der Waals surface area contributed by atoms with Gasteiger partial charge in [-0.2, -0.15) is 0 Å². The summed E-state index contributed by atoms with van der Waals surface area (Å²) in [6, 6.07) is 0. The van der Waals surface area contributed by atoms with Gasteiger partial charge in [0.05, 0.1) is 0 Å². The molecule has 1 heteroatoms. The maximum atomic E-state index is 11.2. The molecule has 0 amide bonds. The van der Waals surface area contributed by atoms with E-state index in [0.717, 1.165) is 12.7 Å². The Hall–Kier alpha value is -0.850. The molecular formula is C13H22O. The fraction of sp³-hybridized carbons (Fsp3) is 0.615. The Morgan fingerprint density at radius 1 is 1.29 bits per heavy atom. The van der Waals surface area contributed by atoms with Gasteiger partial charge >= 0.3 is 0 Å². The molecule has 0 rings (SSSR count). The topological polar surface area (TPSA) is 17.1 Å². The van der Waals surface area contributed by atoms with E-state index in [-0.39, 0.29) is 5.41 Å². The van der Waals surface area contributed by atoms with E-state index in [1.165, 1.54) is 0 Å². The van der Waals surface area contributed by atoms with Crippen molar-refractivity contribution in [2.24, 2.45) is 17.3 Å². The van der Waals surface area contributed by atoms with Gasteiger partial charge in [0, 0.05) is 5.41 Å². The van der Waals surface area contributed by atoms with Crippen LogP contribution in [0, 0.1) is 17.3 Å². The maximum Gasteiger partial charge on any atom is 0.130 e. The van der Waals surface area contributed by atoms with Gasteiger partial charge in [-0.05, 0) is 18.3 Å². The highest BCUT2D eigenvalue weighted by molar-refractivity contribution is 5.63. The lowest BCUT2D eigenvalue weighted by Gasteiger charge is -2.27. The van der Waals surface area contributed by atoms with Gasteiger partial charge in [-0.25, -0.2) is 0 Å². The number of hydrogen-bond acceptors (Lipinski definition) is 1. The number of allylic oxidation sites excluding steroid dienone is 3. The third-order valence-corrected chi connectivity index (χ3v) is 2.58. The molecule has 0 saturated carbocycles. The molecule has 0 radical (unpaired) electrons. The second-order valence-electron chi connectivity index (χ2n) is 4.48. The summed E-state index contributed by atoms with van der Waals surface area (Å²) in [6.45, 7) is 12.1. The quantitative estimate of drug-likeness (QED) is 0.466. The molecule has 0 heterocycles. The maximum absolute atomic E-state index is 11.2. The zero-order valence-electron chi connectivity index (χ0n) is 9.79. The molecule has 0 N–H and O–H groups in total. The van der Waals surface area contributed by atoms with Crippen LogP contribution in [0.4, 0.5) is 0 Å². The van der Waals surface area contributed by atoms with Crippen LogP contribution in [0.3, 0.4) is 0 Å². The molecule has 0 bridgehead atoms. The summed E-state index contributed by atoms with van der Waals surface area (Å²) in [6.07, 6.45) is 7.73. The van der Waals surface area contributed by atoms with Crippen LogP contribution in [-0.2, 0) is 4.79 Å². The third kappa shape index (κ3) is 3.49. The van der Waals surface area contributed by atoms with Gasteiger partial charge in [0.15, 0.2) is 0 Å². The molecule has 14 heavy (non-hydrogen) atoms. The highest BCUT2D eigenvalue weighted by Crippen LogP contribution is 2.31. The molecule has 0 aliphatic rings. The summed E-state index contributed by atoms with van der Waals surface area (Å²) in [5.74, 6) is 0.797. The van der Waals surface area contributed by atoms with Crippen LogP contribution in [0.15, 0.2) is 24.8 Å². The first kappa shape index (κ1) is 13.2. The first-order valence-electron chi connectivity index (χ1n) is 5.25. The number of aldehydes is 1. The van der Waals surface area contributed by atoms with Gasteiger partial charge in [-0.1, -0.05) is 45.9 Å². The summed E-state index contributed by atoms with van der Waals surface area (Å²) in [5.41, 5.74) is -0.355. The molecule has 0 aliphatic heterocycles. The Morgan fingerprint density at radius 2 is 1.86 bits per heavy atom. The van der Waals surface area contributed by atoms with Crippen molar-refractivity contribution in [3.05, 3.63) is 24.8 Å². The molecular weight excluding hydrogens is 172 g/mol. The van der Waals surface area contributed by atoms with Gasteiger partial charge in [-0.3, -0.25) is 0 Å². The summed E-state index contributed by atoms with van der Waals surface area (Å²) in [7, 11) is 0. The van der Waals surface area contributed by atoms with Crippen molar-refractivity contribution in [1.29, 1.82) is 0 Å². The summed E-state index contributed by atoms with van der Waals surface area (Å²) < 4.78 is 0. The zero-order valence-corrected chi connectivity index (χ0v) is 9.79. The smallest absolute Gasteiger partial charge is 0.130 e. The van der Waals surface area contributed by atoms with E-state index in [0.29, 0.717) is 11.8 Å². The van der Waals surface area contributed by atoms with E-state index < -0.39 is 0 Å². The molecule has 0 aromatic heterocycles. The molecule has 0 fully saturated rings. The van der Waals surface area contributed by atoms with Crippen molar-refractivity contribution >= 4 is 6.29 Å². The molecule has 0 aromatic rings. The van der Waals surface area contributed by atoms with Crippen LogP contribution in [0.5, 0.6) is 0 Å². The average molecular weight is 194 g/mol. The minimum absolute atomic E-state index is 0.313. The second kappa shape index (κ2) is 5.79. The molecule has 1 unspecified atom stereocenters. The van der Waals surface area contributed by atoms with Crippen LogP contribution < -0.4 is 0 Å². The van der Waals surface area contributed by atoms with E-state index >= 15 is 0 Å². The first-order valence-corrected chi connectivity index (χ1v) is 5.25. The largest absolute Gasteiger partial charge is 0.302 e. The predicted octanol–water partition coefficient (Wildman–Crippen LogP) is 3.62. The molecule has 80 valence electrons. The van der Waals surface area contributed by atoms with Gasteiger partial charge in [0.1, 0.15) is 6.29 Å². The Bertz CT molecular complexity index is 213. The van der Waals surface area contributed by atoms with Gasteiger partial charge in [0.25, 0.3) is 0 Å². The van der Waals surface area contributed by atoms with Crippen LogP contribution in [0.2, 0.25) is 0 Å². The van der Waals surface area contributed by atoms with Crippen LogP contribution >= 0.6 is 0 Å². The molecule has 0 aromatic carbocycles. The fourth-order valence-electron chi connectivity index (χ4n) is 1.34. The van der Waals surface area contributed by atoms with Crippen molar-refractivity contribution in [2.45, 2.75) is 34.1 Å². The Morgan fingerprint density at radius 3 is 2.14 bits per heavy atom. The minimum atomic E-state index is -0.355. The van der Waals surface area contributed by atoms with Crippen molar-refractivity contribution < 1.29 is 4.79 Å². The van der Waals surface area contributed by atoms with E-state index in [1.807, 2.05) is 12.2 Å². The number of carbonyl (C=O) groups is 1. The zero-order chi connectivity index (χ0) is 11.2.